The summed E-state index contributed by atoms with van der Waals surface area (Å²) in [5, 5.41) is 6.95. The summed E-state index contributed by atoms with van der Waals surface area (Å²) in [6.45, 7) is 4.58. The fourth-order valence-electron chi connectivity index (χ4n) is 5.02. The number of hydrogen-bond acceptors (Lipinski definition) is 6. The van der Waals surface area contributed by atoms with Crippen LogP contribution in [0.25, 0.3) is 29.4 Å². The van der Waals surface area contributed by atoms with Gasteiger partial charge in [0.1, 0.15) is 10.0 Å². The summed E-state index contributed by atoms with van der Waals surface area (Å²) in [4.78, 5) is 14.8. The molecule has 0 aliphatic heterocycles. The van der Waals surface area contributed by atoms with Crippen LogP contribution in [0.1, 0.15) is 128 Å². The third-order valence-corrected chi connectivity index (χ3v) is 11.7. The molecule has 4 rings (SSSR count). The molecule has 0 unspecified atom stereocenters. The van der Waals surface area contributed by atoms with Gasteiger partial charge in [-0.15, -0.1) is 22.7 Å². The van der Waals surface area contributed by atoms with Gasteiger partial charge in [-0.25, -0.2) is 9.97 Å². The van der Waals surface area contributed by atoms with E-state index < -0.39 is 0 Å². The highest BCUT2D eigenvalue weighted by Crippen LogP contribution is 2.40. The Bertz CT molecular complexity index is 1060. The number of fused-ring (bicyclic) bond motifs is 1. The van der Waals surface area contributed by atoms with Gasteiger partial charge in [0.2, 0.25) is 0 Å². The summed E-state index contributed by atoms with van der Waals surface area (Å²) in [6.07, 6.45) is 24.5. The molecule has 6 heteroatoms. The third kappa shape index (κ3) is 9.53. The van der Waals surface area contributed by atoms with E-state index in [1.54, 1.807) is 22.7 Å². The lowest BCUT2D eigenvalue weighted by molar-refractivity contribution is 0.576. The highest BCUT2D eigenvalue weighted by Gasteiger charge is 2.15. The quantitative estimate of drug-likeness (QED) is 0.0962. The molecule has 0 aromatic carbocycles. The van der Waals surface area contributed by atoms with Crippen LogP contribution >= 0.6 is 45.3 Å². The van der Waals surface area contributed by atoms with Crippen LogP contribution in [0, 0.1) is 0 Å². The van der Waals surface area contributed by atoms with E-state index in [-0.39, 0.29) is 0 Å². The highest BCUT2D eigenvalue weighted by molar-refractivity contribution is 7.31. The number of rotatable bonds is 20. The maximum atomic E-state index is 4.98. The Hall–Kier alpha value is -1.08. The van der Waals surface area contributed by atoms with E-state index in [1.165, 1.54) is 136 Å². The number of aryl methyl sites for hydroxylation is 2. The molecule has 0 atom stereocenters. The summed E-state index contributed by atoms with van der Waals surface area (Å²) < 4.78 is 0. The van der Waals surface area contributed by atoms with Gasteiger partial charge in [0, 0.05) is 0 Å². The molecule has 38 heavy (non-hydrogen) atoms. The molecule has 0 radical (unpaired) electrons. The first-order valence-corrected chi connectivity index (χ1v) is 18.6. The molecule has 2 nitrogen and oxygen atoms in total. The van der Waals surface area contributed by atoms with Crippen LogP contribution in [-0.2, 0) is 12.8 Å². The smallest absolute Gasteiger partial charge is 0.155 e. The van der Waals surface area contributed by atoms with Crippen molar-refractivity contribution in [2.24, 2.45) is 0 Å². The summed E-state index contributed by atoms with van der Waals surface area (Å²) >= 11 is 7.20. The molecule has 208 valence electrons. The van der Waals surface area contributed by atoms with E-state index in [2.05, 4.69) is 36.7 Å². The van der Waals surface area contributed by atoms with Crippen molar-refractivity contribution in [3.8, 4) is 19.8 Å². The minimum absolute atomic E-state index is 1.09. The summed E-state index contributed by atoms with van der Waals surface area (Å²) in [7, 11) is 0. The lowest BCUT2D eigenvalue weighted by Crippen LogP contribution is -1.84. The first-order chi connectivity index (χ1) is 18.8. The Kier molecular flexibility index (Phi) is 13.3. The summed E-state index contributed by atoms with van der Waals surface area (Å²) in [5.74, 6) is 0. The van der Waals surface area contributed by atoms with Crippen molar-refractivity contribution in [3.05, 3.63) is 34.0 Å². The molecule has 0 spiro atoms. The normalized spacial score (nSPS) is 11.7. The Morgan fingerprint density at radius 1 is 0.500 bits per heavy atom. The largest absolute Gasteiger partial charge is 0.222 e. The van der Waals surface area contributed by atoms with Gasteiger partial charge in [-0.3, -0.25) is 0 Å². The van der Waals surface area contributed by atoms with Gasteiger partial charge in [-0.2, -0.15) is 0 Å². The molecule has 4 heterocycles. The zero-order valence-electron chi connectivity index (χ0n) is 23.6. The van der Waals surface area contributed by atoms with E-state index in [0.29, 0.717) is 0 Å². The van der Waals surface area contributed by atoms with Gasteiger partial charge in [0.05, 0.1) is 9.75 Å². The Balaban J connectivity index is 1.20. The molecule has 0 N–H and O–H groups in total. The predicted octanol–water partition coefficient (Wildman–Crippen LogP) is 12.6. The van der Waals surface area contributed by atoms with Crippen molar-refractivity contribution in [1.29, 1.82) is 0 Å². The zero-order valence-corrected chi connectivity index (χ0v) is 26.8. The molecule has 0 bridgehead atoms. The predicted molar refractivity (Wildman–Crippen MR) is 175 cm³/mol. The summed E-state index contributed by atoms with van der Waals surface area (Å²) in [6, 6.07) is 4.73. The highest BCUT2D eigenvalue weighted by atomic mass is 32.1. The molecule has 0 fully saturated rings. The van der Waals surface area contributed by atoms with Crippen molar-refractivity contribution < 1.29 is 0 Å². The number of unbranched alkanes of at least 4 members (excludes halogenated alkanes) is 14. The topological polar surface area (TPSA) is 25.8 Å². The zero-order chi connectivity index (χ0) is 26.4. The number of thiophene rings is 2. The Labute approximate surface area is 247 Å². The maximum Gasteiger partial charge on any atom is 0.155 e. The van der Waals surface area contributed by atoms with Gasteiger partial charge in [0.25, 0.3) is 0 Å². The fourth-order valence-corrected chi connectivity index (χ4v) is 9.08. The monoisotopic (exact) mass is 586 g/mol. The SMILES string of the molecule is CCCCCCCCCCc1csc(-c2nc3sc(-c4cc(CCCCCCCCCC)cs4)nc3s2)c1. The Morgan fingerprint density at radius 2 is 0.868 bits per heavy atom. The van der Waals surface area contributed by atoms with Crippen molar-refractivity contribution >= 4 is 55.0 Å². The minimum Gasteiger partial charge on any atom is -0.222 e. The van der Waals surface area contributed by atoms with E-state index in [0.717, 1.165) is 19.7 Å². The van der Waals surface area contributed by atoms with E-state index in [1.807, 2.05) is 22.7 Å². The van der Waals surface area contributed by atoms with Crippen LogP contribution in [-0.4, -0.2) is 9.97 Å². The van der Waals surface area contributed by atoms with Crippen molar-refractivity contribution in [2.75, 3.05) is 0 Å². The molecular weight excluding hydrogens is 541 g/mol. The Morgan fingerprint density at radius 3 is 1.26 bits per heavy atom. The summed E-state index contributed by atoms with van der Waals surface area (Å²) in [5.41, 5.74) is 2.96. The van der Waals surface area contributed by atoms with Gasteiger partial charge in [-0.1, -0.05) is 126 Å². The molecule has 0 saturated carbocycles. The number of aromatic nitrogens is 2. The van der Waals surface area contributed by atoms with Gasteiger partial charge >= 0.3 is 0 Å². The number of hydrogen-bond donors (Lipinski definition) is 0. The third-order valence-electron chi connectivity index (χ3n) is 7.34. The lowest BCUT2D eigenvalue weighted by Gasteiger charge is -2.01. The lowest BCUT2D eigenvalue weighted by atomic mass is 10.1. The van der Waals surface area contributed by atoms with Crippen LogP contribution in [0.5, 0.6) is 0 Å². The van der Waals surface area contributed by atoms with Crippen LogP contribution in [0.3, 0.4) is 0 Å². The average Bonchev–Trinajstić information content (AvgIpc) is 3.71. The van der Waals surface area contributed by atoms with Gasteiger partial charge in [-0.05, 0) is 59.7 Å². The fraction of sp³-hybridized carbons (Fsp3) is 0.625. The van der Waals surface area contributed by atoms with Gasteiger partial charge < -0.3 is 0 Å². The van der Waals surface area contributed by atoms with Crippen LogP contribution in [0.2, 0.25) is 0 Å². The van der Waals surface area contributed by atoms with Crippen LogP contribution < -0.4 is 0 Å². The van der Waals surface area contributed by atoms with Crippen molar-refractivity contribution in [1.82, 2.24) is 9.97 Å². The second kappa shape index (κ2) is 16.9. The first kappa shape index (κ1) is 29.9. The molecule has 4 aromatic rings. The van der Waals surface area contributed by atoms with Crippen LogP contribution in [0.15, 0.2) is 22.9 Å². The van der Waals surface area contributed by atoms with E-state index in [9.17, 15) is 0 Å². The van der Waals surface area contributed by atoms with Crippen molar-refractivity contribution in [2.45, 2.75) is 129 Å². The van der Waals surface area contributed by atoms with Crippen LogP contribution in [0.4, 0.5) is 0 Å². The molecular formula is C32H46N2S4. The minimum atomic E-state index is 1.09. The molecule has 0 aliphatic rings. The molecule has 0 amide bonds. The second-order valence-corrected chi connectivity index (χ2v) is 14.5. The maximum absolute atomic E-state index is 4.98. The molecule has 4 aromatic heterocycles. The average molecular weight is 587 g/mol. The van der Waals surface area contributed by atoms with Gasteiger partial charge in [0.15, 0.2) is 9.66 Å². The first-order valence-electron chi connectivity index (χ1n) is 15.2. The van der Waals surface area contributed by atoms with E-state index >= 15 is 0 Å². The van der Waals surface area contributed by atoms with Crippen molar-refractivity contribution in [3.63, 3.8) is 0 Å². The molecule has 0 saturated heterocycles. The molecule has 0 aliphatic carbocycles. The second-order valence-electron chi connectivity index (χ2n) is 10.7. The standard InChI is InChI=1S/C32H46N2S4/c1-3-5-7-9-11-13-15-17-19-25-21-27(35-23-25)29-33-31-32(37-29)34-30(38-31)28-22-26(24-36-28)20-18-16-14-12-10-8-6-4-2/h21-24H,3-20H2,1-2H3. The number of nitrogens with zero attached hydrogens (tertiary/aromatic N) is 2. The van der Waals surface area contributed by atoms with E-state index in [4.69, 9.17) is 9.97 Å². The number of thiazole rings is 2.